The Bertz CT molecular complexity index is 233. The van der Waals surface area contributed by atoms with E-state index in [4.69, 9.17) is 11.5 Å². The molecule has 1 aromatic heterocycles. The predicted molar refractivity (Wildman–Crippen MR) is 38.8 cm³/mol. The fourth-order valence-electron chi connectivity index (χ4n) is 0.461. The number of nitrogen functional groups attached to an aromatic ring is 1. The molecule has 0 unspecified atom stereocenters. The number of nitrogens with two attached hydrogens (primary N) is 2. The topological polar surface area (TPSA) is 97.8 Å². The molecule has 6 heteroatoms. The minimum atomic E-state index is -0.605. The monoisotopic (exact) mass is 162 g/mol. The third kappa shape index (κ3) is 1.63. The lowest BCUT2D eigenvalue weighted by atomic mass is 10.6. The number of rotatable bonds is 1. The number of aromatic amines is 1. The molecule has 0 atom stereocenters. The average Bonchev–Trinajstić information content (AvgIpc) is 2.14. The third-order valence-electron chi connectivity index (χ3n) is 0.829. The van der Waals surface area contributed by atoms with Crippen LogP contribution in [-0.2, 0) is 0 Å². The van der Waals surface area contributed by atoms with E-state index in [2.05, 4.69) is 9.97 Å². The summed E-state index contributed by atoms with van der Waals surface area (Å²) >= 11 is 0. The zero-order valence-electron chi connectivity index (χ0n) is 5.00. The van der Waals surface area contributed by atoms with Gasteiger partial charge in [0.05, 0.1) is 6.20 Å². The number of hydrogen-bond donors (Lipinski definition) is 3. The molecule has 0 saturated heterocycles. The van der Waals surface area contributed by atoms with E-state index in [0.29, 0.717) is 5.82 Å². The summed E-state index contributed by atoms with van der Waals surface area (Å²) in [7, 11) is 0. The maximum atomic E-state index is 10.3. The number of carbonyl (C=O) groups is 1. The van der Waals surface area contributed by atoms with Crippen LogP contribution >= 0.6 is 12.4 Å². The standard InChI is InChI=1S/C4H6N4O.ClH/c5-2-1-7-4(8-2)3(6)9;/h1H,5H2,(H2,6,9)(H,7,8);1H. The quantitative estimate of drug-likeness (QED) is 0.520. The number of halogens is 1. The van der Waals surface area contributed by atoms with E-state index in [-0.39, 0.29) is 18.2 Å². The van der Waals surface area contributed by atoms with E-state index < -0.39 is 5.91 Å². The Morgan fingerprint density at radius 3 is 2.50 bits per heavy atom. The van der Waals surface area contributed by atoms with Crippen LogP contribution in [-0.4, -0.2) is 15.9 Å². The second-order valence-corrected chi connectivity index (χ2v) is 1.55. The molecule has 0 spiro atoms. The Labute approximate surface area is 63.2 Å². The van der Waals surface area contributed by atoms with Crippen molar-refractivity contribution in [3.63, 3.8) is 0 Å². The van der Waals surface area contributed by atoms with Gasteiger partial charge in [-0.05, 0) is 0 Å². The fourth-order valence-corrected chi connectivity index (χ4v) is 0.461. The number of imidazole rings is 1. The number of nitrogens with one attached hydrogen (secondary N) is 1. The van der Waals surface area contributed by atoms with Crippen LogP contribution in [0.25, 0.3) is 0 Å². The fraction of sp³-hybridized carbons (Fsp3) is 0. The van der Waals surface area contributed by atoms with Crippen LogP contribution in [0, 0.1) is 0 Å². The number of anilines is 1. The maximum Gasteiger partial charge on any atom is 0.284 e. The second-order valence-electron chi connectivity index (χ2n) is 1.55. The van der Waals surface area contributed by atoms with Crippen LogP contribution in [0.5, 0.6) is 0 Å². The van der Waals surface area contributed by atoms with Crippen LogP contribution in [0.3, 0.4) is 0 Å². The van der Waals surface area contributed by atoms with Crippen LogP contribution in [0.1, 0.15) is 10.6 Å². The Kier molecular flexibility index (Phi) is 2.69. The molecule has 5 N–H and O–H groups in total. The average molecular weight is 163 g/mol. The highest BCUT2D eigenvalue weighted by atomic mass is 35.5. The smallest absolute Gasteiger partial charge is 0.284 e. The number of H-pyrrole nitrogens is 1. The van der Waals surface area contributed by atoms with Crippen molar-refractivity contribution in [2.45, 2.75) is 0 Å². The number of primary amides is 1. The Morgan fingerprint density at radius 2 is 2.30 bits per heavy atom. The minimum Gasteiger partial charge on any atom is -0.384 e. The van der Waals surface area contributed by atoms with Gasteiger partial charge in [-0.2, -0.15) is 0 Å². The summed E-state index contributed by atoms with van der Waals surface area (Å²) < 4.78 is 0. The first-order valence-electron chi connectivity index (χ1n) is 2.30. The van der Waals surface area contributed by atoms with Crippen molar-refractivity contribution < 1.29 is 4.79 Å². The number of aromatic nitrogens is 2. The summed E-state index contributed by atoms with van der Waals surface area (Å²) in [6.45, 7) is 0. The Morgan fingerprint density at radius 1 is 1.70 bits per heavy atom. The summed E-state index contributed by atoms with van der Waals surface area (Å²) in [4.78, 5) is 16.3. The maximum absolute atomic E-state index is 10.3. The minimum absolute atomic E-state index is 0. The number of hydrogen-bond acceptors (Lipinski definition) is 3. The van der Waals surface area contributed by atoms with E-state index >= 15 is 0 Å². The number of amides is 1. The first kappa shape index (κ1) is 8.77. The van der Waals surface area contributed by atoms with Crippen molar-refractivity contribution in [3.8, 4) is 0 Å². The third-order valence-corrected chi connectivity index (χ3v) is 0.829. The Hall–Kier alpha value is -1.23. The van der Waals surface area contributed by atoms with E-state index in [1.165, 1.54) is 6.20 Å². The van der Waals surface area contributed by atoms with Crippen molar-refractivity contribution in [1.29, 1.82) is 0 Å². The molecular formula is C4H7ClN4O. The molecule has 5 nitrogen and oxygen atoms in total. The summed E-state index contributed by atoms with van der Waals surface area (Å²) in [5.74, 6) is -0.178. The molecule has 1 heterocycles. The lowest BCUT2D eigenvalue weighted by molar-refractivity contribution is 0.0991. The molecule has 0 aliphatic carbocycles. The largest absolute Gasteiger partial charge is 0.384 e. The highest BCUT2D eigenvalue weighted by molar-refractivity contribution is 5.89. The normalized spacial score (nSPS) is 8.40. The van der Waals surface area contributed by atoms with E-state index in [0.717, 1.165) is 0 Å². The van der Waals surface area contributed by atoms with Gasteiger partial charge in [-0.3, -0.25) is 4.79 Å². The molecule has 0 bridgehead atoms. The first-order chi connectivity index (χ1) is 4.20. The summed E-state index contributed by atoms with van der Waals surface area (Å²) in [6.07, 6.45) is 1.33. The molecule has 1 aromatic rings. The van der Waals surface area contributed by atoms with Crippen molar-refractivity contribution in [2.75, 3.05) is 5.73 Å². The van der Waals surface area contributed by atoms with Crippen LogP contribution in [0.4, 0.5) is 5.82 Å². The van der Waals surface area contributed by atoms with E-state index in [9.17, 15) is 4.79 Å². The zero-order chi connectivity index (χ0) is 6.85. The van der Waals surface area contributed by atoms with Gasteiger partial charge >= 0.3 is 0 Å². The summed E-state index contributed by atoms with van der Waals surface area (Å²) in [5, 5.41) is 0. The van der Waals surface area contributed by atoms with Gasteiger partial charge < -0.3 is 16.5 Å². The molecule has 0 saturated carbocycles. The SMILES string of the molecule is Cl.NC(=O)c1ncc(N)[nH]1. The van der Waals surface area contributed by atoms with Crippen molar-refractivity contribution >= 4 is 24.1 Å². The summed E-state index contributed by atoms with van der Waals surface area (Å²) in [5.41, 5.74) is 10.0. The molecule has 1 amide bonds. The van der Waals surface area contributed by atoms with E-state index in [1.807, 2.05) is 0 Å². The molecule has 10 heavy (non-hydrogen) atoms. The van der Waals surface area contributed by atoms with Gasteiger partial charge in [0.25, 0.3) is 5.91 Å². The van der Waals surface area contributed by atoms with Gasteiger partial charge in [0.15, 0.2) is 5.82 Å². The predicted octanol–water partition coefficient (Wildman–Crippen LogP) is -0.487. The van der Waals surface area contributed by atoms with Crippen LogP contribution < -0.4 is 11.5 Å². The highest BCUT2D eigenvalue weighted by Gasteiger charge is 2.01. The molecule has 56 valence electrons. The number of nitrogens with zero attached hydrogens (tertiary/aromatic N) is 1. The van der Waals surface area contributed by atoms with Crippen molar-refractivity contribution in [3.05, 3.63) is 12.0 Å². The Balaban J connectivity index is 0.000000810. The van der Waals surface area contributed by atoms with Gasteiger partial charge in [-0.15, -0.1) is 12.4 Å². The second kappa shape index (κ2) is 3.07. The molecular weight excluding hydrogens is 156 g/mol. The van der Waals surface area contributed by atoms with Crippen LogP contribution in [0.15, 0.2) is 6.20 Å². The lowest BCUT2D eigenvalue weighted by Crippen LogP contribution is -2.12. The molecule has 1 rings (SSSR count). The van der Waals surface area contributed by atoms with Gasteiger partial charge in [-0.25, -0.2) is 4.98 Å². The van der Waals surface area contributed by atoms with Crippen molar-refractivity contribution in [1.82, 2.24) is 9.97 Å². The molecule has 0 fully saturated rings. The van der Waals surface area contributed by atoms with Gasteiger partial charge in [0.1, 0.15) is 5.82 Å². The highest BCUT2D eigenvalue weighted by Crippen LogP contribution is 1.94. The molecule has 0 radical (unpaired) electrons. The molecule has 0 aliphatic heterocycles. The van der Waals surface area contributed by atoms with E-state index in [1.54, 1.807) is 0 Å². The molecule has 0 aromatic carbocycles. The van der Waals surface area contributed by atoms with Gasteiger partial charge in [0.2, 0.25) is 0 Å². The van der Waals surface area contributed by atoms with Gasteiger partial charge in [-0.1, -0.05) is 0 Å². The van der Waals surface area contributed by atoms with Crippen molar-refractivity contribution in [2.24, 2.45) is 5.73 Å². The first-order valence-corrected chi connectivity index (χ1v) is 2.30. The number of carbonyl (C=O) groups excluding carboxylic acids is 1. The summed E-state index contributed by atoms with van der Waals surface area (Å²) in [6, 6.07) is 0. The van der Waals surface area contributed by atoms with Gasteiger partial charge in [0, 0.05) is 0 Å². The molecule has 0 aliphatic rings. The lowest BCUT2D eigenvalue weighted by Gasteiger charge is -1.82. The zero-order valence-corrected chi connectivity index (χ0v) is 5.81. The van der Waals surface area contributed by atoms with Crippen LogP contribution in [0.2, 0.25) is 0 Å².